The van der Waals surface area contributed by atoms with E-state index in [1.807, 2.05) is 47.4 Å². The summed E-state index contributed by atoms with van der Waals surface area (Å²) < 4.78 is 8.42. The van der Waals surface area contributed by atoms with E-state index < -0.39 is 0 Å². The molecular weight excluding hydrogens is 446 g/mol. The van der Waals surface area contributed by atoms with Crippen LogP contribution in [0.5, 0.6) is 5.75 Å². The van der Waals surface area contributed by atoms with E-state index >= 15 is 0 Å². The summed E-state index contributed by atoms with van der Waals surface area (Å²) in [5.74, 6) is 2.12. The third-order valence-corrected chi connectivity index (χ3v) is 7.10. The second kappa shape index (κ2) is 10.4. The first-order chi connectivity index (χ1) is 17.5. The highest BCUT2D eigenvalue weighted by molar-refractivity contribution is 5.96. The van der Waals surface area contributed by atoms with Gasteiger partial charge >= 0.3 is 0 Å². The number of hydrogen-bond donors (Lipinski definition) is 0. The molecular formula is C31H33N3O2. The molecule has 5 heteroatoms. The van der Waals surface area contributed by atoms with Crippen LogP contribution in [-0.2, 0) is 17.8 Å². The number of benzene rings is 3. The molecule has 5 nitrogen and oxygen atoms in total. The van der Waals surface area contributed by atoms with Crippen molar-refractivity contribution in [3.8, 4) is 5.75 Å². The van der Waals surface area contributed by atoms with Crippen LogP contribution in [-0.4, -0.2) is 28.6 Å². The van der Waals surface area contributed by atoms with Gasteiger partial charge in [0.2, 0.25) is 5.91 Å². The van der Waals surface area contributed by atoms with Gasteiger partial charge in [-0.3, -0.25) is 4.79 Å². The summed E-state index contributed by atoms with van der Waals surface area (Å²) in [6.07, 6.45) is 4.01. The van der Waals surface area contributed by atoms with Crippen LogP contribution in [0.15, 0.2) is 79.4 Å². The van der Waals surface area contributed by atoms with Crippen molar-refractivity contribution in [2.45, 2.75) is 45.6 Å². The average Bonchev–Trinajstić information content (AvgIpc) is 3.45. The number of para-hydroxylation sites is 3. The van der Waals surface area contributed by atoms with E-state index in [9.17, 15) is 4.79 Å². The highest BCUT2D eigenvalue weighted by atomic mass is 16.5. The molecule has 1 atom stereocenters. The predicted octanol–water partition coefficient (Wildman–Crippen LogP) is 6.37. The molecule has 1 aliphatic rings. The van der Waals surface area contributed by atoms with Crippen molar-refractivity contribution >= 4 is 22.6 Å². The van der Waals surface area contributed by atoms with Gasteiger partial charge in [0.15, 0.2) is 0 Å². The number of ether oxygens (including phenoxy) is 1. The first kappa shape index (κ1) is 23.9. The van der Waals surface area contributed by atoms with Gasteiger partial charge in [0.25, 0.3) is 0 Å². The first-order valence-corrected chi connectivity index (χ1v) is 12.7. The zero-order chi connectivity index (χ0) is 25.1. The van der Waals surface area contributed by atoms with E-state index in [0.717, 1.165) is 53.2 Å². The molecule has 3 aromatic carbocycles. The van der Waals surface area contributed by atoms with Gasteiger partial charge in [0, 0.05) is 31.1 Å². The van der Waals surface area contributed by atoms with Crippen molar-refractivity contribution in [1.29, 1.82) is 0 Å². The molecule has 1 saturated heterocycles. The fourth-order valence-electron chi connectivity index (χ4n) is 5.04. The summed E-state index contributed by atoms with van der Waals surface area (Å²) in [4.78, 5) is 20.0. The third kappa shape index (κ3) is 4.78. The van der Waals surface area contributed by atoms with Crippen LogP contribution >= 0.6 is 0 Å². The van der Waals surface area contributed by atoms with Crippen LogP contribution in [0, 0.1) is 13.8 Å². The first-order valence-electron chi connectivity index (χ1n) is 12.7. The topological polar surface area (TPSA) is 47.4 Å². The van der Waals surface area contributed by atoms with Crippen molar-refractivity contribution in [3.05, 3.63) is 102 Å². The van der Waals surface area contributed by atoms with E-state index in [4.69, 9.17) is 9.72 Å². The molecule has 0 bridgehead atoms. The molecule has 5 rings (SSSR count). The number of allylic oxidation sites excluding steroid dienone is 1. The second-order valence-electron chi connectivity index (χ2n) is 9.59. The molecule has 0 saturated carbocycles. The number of rotatable bonds is 9. The lowest BCUT2D eigenvalue weighted by molar-refractivity contribution is -0.117. The zero-order valence-corrected chi connectivity index (χ0v) is 21.1. The molecule has 0 N–H and O–H groups in total. The van der Waals surface area contributed by atoms with Crippen molar-refractivity contribution in [3.63, 3.8) is 0 Å². The number of anilines is 1. The van der Waals surface area contributed by atoms with Crippen LogP contribution in [0.2, 0.25) is 0 Å². The van der Waals surface area contributed by atoms with Gasteiger partial charge in [-0.05, 0) is 73.7 Å². The van der Waals surface area contributed by atoms with Crippen LogP contribution in [0.1, 0.15) is 41.3 Å². The Hall–Kier alpha value is -3.86. The van der Waals surface area contributed by atoms with Crippen molar-refractivity contribution in [1.82, 2.24) is 9.55 Å². The summed E-state index contributed by atoms with van der Waals surface area (Å²) in [6.45, 7) is 10.1. The normalized spacial score (nSPS) is 15.6. The smallest absolute Gasteiger partial charge is 0.227 e. The fourth-order valence-corrected chi connectivity index (χ4v) is 5.04. The zero-order valence-electron chi connectivity index (χ0n) is 21.1. The van der Waals surface area contributed by atoms with Crippen LogP contribution in [0.4, 0.5) is 5.69 Å². The summed E-state index contributed by atoms with van der Waals surface area (Å²) in [5.41, 5.74) is 6.64. The Bertz CT molecular complexity index is 1400. The Balaban J connectivity index is 1.34. The molecule has 0 spiro atoms. The van der Waals surface area contributed by atoms with Crippen LogP contribution in [0.3, 0.4) is 0 Å². The monoisotopic (exact) mass is 479 g/mol. The molecule has 2 heterocycles. The van der Waals surface area contributed by atoms with E-state index in [0.29, 0.717) is 19.6 Å². The Morgan fingerprint density at radius 1 is 1.06 bits per heavy atom. The van der Waals surface area contributed by atoms with Gasteiger partial charge in [-0.25, -0.2) is 4.98 Å². The molecule has 0 radical (unpaired) electrons. The maximum Gasteiger partial charge on any atom is 0.227 e. The lowest BCUT2D eigenvalue weighted by Gasteiger charge is -2.18. The summed E-state index contributed by atoms with van der Waals surface area (Å²) in [5, 5.41) is 0. The predicted molar refractivity (Wildman–Crippen MR) is 146 cm³/mol. The molecule has 1 fully saturated rings. The van der Waals surface area contributed by atoms with E-state index in [1.165, 1.54) is 11.1 Å². The second-order valence-corrected chi connectivity index (χ2v) is 9.59. The number of fused-ring (bicyclic) bond motifs is 1. The molecule has 1 unspecified atom stereocenters. The molecule has 4 aromatic rings. The molecule has 36 heavy (non-hydrogen) atoms. The van der Waals surface area contributed by atoms with E-state index in [-0.39, 0.29) is 11.8 Å². The fraction of sp³-hybridized carbons (Fsp3) is 0.290. The lowest BCUT2D eigenvalue weighted by atomic mass is 10.1. The largest absolute Gasteiger partial charge is 0.493 e. The highest BCUT2D eigenvalue weighted by Gasteiger charge is 2.34. The lowest BCUT2D eigenvalue weighted by Crippen LogP contribution is -2.24. The molecule has 1 amide bonds. The number of aryl methyl sites for hydroxylation is 3. The van der Waals surface area contributed by atoms with Gasteiger partial charge < -0.3 is 14.2 Å². The summed E-state index contributed by atoms with van der Waals surface area (Å²) in [6, 6.07) is 22.6. The van der Waals surface area contributed by atoms with Crippen molar-refractivity contribution < 1.29 is 9.53 Å². The molecule has 184 valence electrons. The van der Waals surface area contributed by atoms with E-state index in [1.54, 1.807) is 0 Å². The van der Waals surface area contributed by atoms with Gasteiger partial charge in [-0.2, -0.15) is 0 Å². The van der Waals surface area contributed by atoms with Crippen LogP contribution in [0.25, 0.3) is 11.0 Å². The minimum Gasteiger partial charge on any atom is -0.493 e. The number of carbonyl (C=O) groups excluding carboxylic acids is 1. The number of aromatic nitrogens is 2. The number of amides is 1. The van der Waals surface area contributed by atoms with Gasteiger partial charge in [0.1, 0.15) is 11.6 Å². The minimum atomic E-state index is 0.0562. The third-order valence-electron chi connectivity index (χ3n) is 7.10. The van der Waals surface area contributed by atoms with Crippen LogP contribution < -0.4 is 9.64 Å². The Kier molecular flexibility index (Phi) is 6.90. The number of hydrogen-bond acceptors (Lipinski definition) is 3. The summed E-state index contributed by atoms with van der Waals surface area (Å²) >= 11 is 0. The average molecular weight is 480 g/mol. The van der Waals surface area contributed by atoms with Gasteiger partial charge in [-0.15, -0.1) is 6.58 Å². The Labute approximate surface area is 213 Å². The van der Waals surface area contributed by atoms with Crippen molar-refractivity contribution in [2.75, 3.05) is 18.1 Å². The maximum absolute atomic E-state index is 13.0. The minimum absolute atomic E-state index is 0.0562. The molecule has 1 aliphatic heterocycles. The number of imidazole rings is 1. The quantitative estimate of drug-likeness (QED) is 0.207. The Morgan fingerprint density at radius 3 is 2.69 bits per heavy atom. The Morgan fingerprint density at radius 2 is 1.86 bits per heavy atom. The standard InChI is InChI=1S/C31H33N3O2/c1-4-10-24-11-5-8-14-29(24)36-18-9-17-33-28-13-7-6-12-27(28)32-31(33)25-20-30(35)34(21-25)26-16-15-22(2)23(3)19-26/h4-8,11-16,19,25H,1,9-10,17-18,20-21H2,2-3H3. The SMILES string of the molecule is C=CCc1ccccc1OCCCn1c(C2CC(=O)N(c3ccc(C)c(C)c3)C2)nc2ccccc21. The molecule has 0 aliphatic carbocycles. The summed E-state index contributed by atoms with van der Waals surface area (Å²) in [7, 11) is 0. The highest BCUT2D eigenvalue weighted by Crippen LogP contribution is 2.34. The maximum atomic E-state index is 13.0. The molecule has 1 aromatic heterocycles. The van der Waals surface area contributed by atoms with Gasteiger partial charge in [0.05, 0.1) is 17.6 Å². The number of nitrogens with zero attached hydrogens (tertiary/aromatic N) is 3. The van der Waals surface area contributed by atoms with E-state index in [2.05, 4.69) is 55.3 Å². The van der Waals surface area contributed by atoms with Crippen molar-refractivity contribution in [2.24, 2.45) is 0 Å². The van der Waals surface area contributed by atoms with Gasteiger partial charge in [-0.1, -0.05) is 42.5 Å². The number of carbonyl (C=O) groups is 1.